The monoisotopic (exact) mass is 465 g/mol. The number of rotatable bonds is 6. The molecule has 7 heteroatoms. The number of amides is 1. The Bertz CT molecular complexity index is 1230. The number of carbonyl (C=O) groups is 1. The molecular weight excluding hydrogens is 431 g/mol. The maximum atomic E-state index is 13.8. The van der Waals surface area contributed by atoms with E-state index in [9.17, 15) is 14.0 Å². The molecule has 5 rings (SSSR count). The molecule has 0 aliphatic carbocycles. The zero-order chi connectivity index (χ0) is 23.9. The fraction of sp³-hybridized carbons (Fsp3) is 0.481. The average Bonchev–Trinajstić information content (AvgIpc) is 3.15. The van der Waals surface area contributed by atoms with Gasteiger partial charge in [0.25, 0.3) is 0 Å². The fourth-order valence-electron chi connectivity index (χ4n) is 6.38. The molecule has 3 aromatic rings. The molecule has 2 atom stereocenters. The number of para-hydroxylation sites is 2. The van der Waals surface area contributed by atoms with E-state index >= 15 is 0 Å². The van der Waals surface area contributed by atoms with Gasteiger partial charge in [0.2, 0.25) is 0 Å². The van der Waals surface area contributed by atoms with Crippen molar-refractivity contribution in [3.05, 3.63) is 70.4 Å². The highest BCUT2D eigenvalue weighted by Gasteiger charge is 2.53. The van der Waals surface area contributed by atoms with Crippen LogP contribution < -0.4 is 11.1 Å². The number of halogens is 1. The molecule has 2 aromatic carbocycles. The van der Waals surface area contributed by atoms with Crippen LogP contribution in [0.15, 0.2) is 53.3 Å². The van der Waals surface area contributed by atoms with Gasteiger partial charge in [-0.1, -0.05) is 24.3 Å². The van der Waals surface area contributed by atoms with Crippen LogP contribution in [-0.2, 0) is 6.42 Å². The molecule has 0 saturated carbocycles. The first-order chi connectivity index (χ1) is 16.4. The molecule has 2 saturated heterocycles. The summed E-state index contributed by atoms with van der Waals surface area (Å²) in [6, 6.07) is 14.6. The zero-order valence-electron chi connectivity index (χ0n) is 20.0. The van der Waals surface area contributed by atoms with Crippen molar-refractivity contribution < 1.29 is 13.8 Å². The van der Waals surface area contributed by atoms with Crippen LogP contribution in [0.1, 0.15) is 64.0 Å². The van der Waals surface area contributed by atoms with E-state index in [0.717, 1.165) is 56.1 Å². The number of benzene rings is 2. The number of aromatic nitrogens is 2. The second-order valence-electron chi connectivity index (χ2n) is 10.2. The standard InChI is InChI=1S/C27H33FN4O2/c1-19(2)30-24-10-3-4-11-25(24)31(27(30)34)26(33)29-32(22-8-5-9-23(32)17-16-22)18-6-7-20-12-14-21(28)15-13-20/h3-4,10-15,19,22-23H,5-9,16-18H2,1-2H3/p+1. The number of carbonyl (C=O) groups excluding carboxylic acids is 1. The molecule has 2 aliphatic rings. The van der Waals surface area contributed by atoms with Gasteiger partial charge in [-0.25, -0.2) is 23.1 Å². The quantitative estimate of drug-likeness (QED) is 0.511. The Morgan fingerprint density at radius 2 is 1.68 bits per heavy atom. The van der Waals surface area contributed by atoms with Crippen molar-refractivity contribution in [2.45, 2.75) is 76.9 Å². The Morgan fingerprint density at radius 3 is 2.32 bits per heavy atom. The van der Waals surface area contributed by atoms with Crippen molar-refractivity contribution in [1.29, 1.82) is 0 Å². The lowest BCUT2D eigenvalue weighted by atomic mass is 10.00. The molecular formula is C27H34FN4O2+. The van der Waals surface area contributed by atoms with Crippen LogP contribution >= 0.6 is 0 Å². The maximum absolute atomic E-state index is 13.8. The number of aryl methyl sites for hydroxylation is 1. The van der Waals surface area contributed by atoms with Crippen LogP contribution in [0.2, 0.25) is 0 Å². The lowest BCUT2D eigenvalue weighted by Gasteiger charge is -2.46. The fourth-order valence-corrected chi connectivity index (χ4v) is 6.38. The summed E-state index contributed by atoms with van der Waals surface area (Å²) in [4.78, 5) is 27.1. The largest absolute Gasteiger partial charge is 0.374 e. The van der Waals surface area contributed by atoms with E-state index in [1.165, 1.54) is 23.1 Å². The minimum absolute atomic E-state index is 0.0449. The van der Waals surface area contributed by atoms with Crippen molar-refractivity contribution in [1.82, 2.24) is 14.6 Å². The minimum Gasteiger partial charge on any atom is -0.289 e. The molecule has 0 spiro atoms. The van der Waals surface area contributed by atoms with Gasteiger partial charge in [-0.05, 0) is 56.5 Å². The molecule has 34 heavy (non-hydrogen) atoms. The number of hydrogen-bond acceptors (Lipinski definition) is 2. The lowest BCUT2D eigenvalue weighted by molar-refractivity contribution is -0.997. The molecule has 0 radical (unpaired) electrons. The van der Waals surface area contributed by atoms with Crippen LogP contribution in [0.3, 0.4) is 0 Å². The van der Waals surface area contributed by atoms with E-state index in [-0.39, 0.29) is 23.6 Å². The van der Waals surface area contributed by atoms with E-state index in [1.807, 2.05) is 50.2 Å². The van der Waals surface area contributed by atoms with Gasteiger partial charge in [-0.3, -0.25) is 4.57 Å². The normalized spacial score (nSPS) is 24.1. The van der Waals surface area contributed by atoms with Gasteiger partial charge in [0.1, 0.15) is 24.4 Å². The van der Waals surface area contributed by atoms with Crippen LogP contribution in [0.25, 0.3) is 11.0 Å². The van der Waals surface area contributed by atoms with Crippen LogP contribution in [0.4, 0.5) is 9.18 Å². The molecule has 2 aliphatic heterocycles. The third-order valence-corrected chi connectivity index (χ3v) is 7.92. The summed E-state index contributed by atoms with van der Waals surface area (Å²) in [6.45, 7) is 4.74. The first-order valence-electron chi connectivity index (χ1n) is 12.6. The lowest BCUT2D eigenvalue weighted by Crippen LogP contribution is -2.69. The maximum Gasteiger partial charge on any atom is 0.374 e. The van der Waals surface area contributed by atoms with Gasteiger partial charge in [0, 0.05) is 38.1 Å². The zero-order valence-corrected chi connectivity index (χ0v) is 20.0. The molecule has 1 aromatic heterocycles. The third kappa shape index (κ3) is 3.86. The summed E-state index contributed by atoms with van der Waals surface area (Å²) < 4.78 is 16.9. The number of nitrogens with one attached hydrogen (secondary N) is 1. The predicted octanol–water partition coefficient (Wildman–Crippen LogP) is 5.16. The highest BCUT2D eigenvalue weighted by atomic mass is 19.1. The smallest absolute Gasteiger partial charge is 0.289 e. The molecule has 6 nitrogen and oxygen atoms in total. The number of nitrogens with zero attached hydrogens (tertiary/aromatic N) is 3. The Balaban J connectivity index is 1.45. The molecule has 1 N–H and O–H groups in total. The van der Waals surface area contributed by atoms with E-state index in [1.54, 1.807) is 4.57 Å². The molecule has 2 fully saturated rings. The summed E-state index contributed by atoms with van der Waals surface area (Å²) in [7, 11) is 0. The van der Waals surface area contributed by atoms with Crippen molar-refractivity contribution >= 4 is 17.1 Å². The number of imidazole rings is 1. The molecule has 1 amide bonds. The van der Waals surface area contributed by atoms with E-state index in [4.69, 9.17) is 0 Å². The summed E-state index contributed by atoms with van der Waals surface area (Å²) in [5, 5.41) is 0. The Labute approximate surface area is 199 Å². The summed E-state index contributed by atoms with van der Waals surface area (Å²) in [5.41, 5.74) is 5.62. The summed E-state index contributed by atoms with van der Waals surface area (Å²) in [6.07, 6.45) is 7.31. The topological polar surface area (TPSA) is 56.0 Å². The second kappa shape index (κ2) is 9.02. The molecule has 2 unspecified atom stereocenters. The van der Waals surface area contributed by atoms with E-state index in [0.29, 0.717) is 22.2 Å². The second-order valence-corrected chi connectivity index (χ2v) is 10.2. The van der Waals surface area contributed by atoms with Gasteiger partial charge in [0.15, 0.2) is 0 Å². The highest BCUT2D eigenvalue weighted by Crippen LogP contribution is 2.41. The Kier molecular flexibility index (Phi) is 6.06. The highest BCUT2D eigenvalue weighted by molar-refractivity contribution is 5.89. The third-order valence-electron chi connectivity index (χ3n) is 7.92. The van der Waals surface area contributed by atoms with Crippen LogP contribution in [0, 0.1) is 5.82 Å². The Morgan fingerprint density at radius 1 is 1.03 bits per heavy atom. The molecule has 3 heterocycles. The van der Waals surface area contributed by atoms with Gasteiger partial charge >= 0.3 is 11.7 Å². The van der Waals surface area contributed by atoms with E-state index < -0.39 is 0 Å². The first kappa shape index (κ1) is 22.8. The van der Waals surface area contributed by atoms with Gasteiger partial charge in [-0.2, -0.15) is 5.43 Å². The van der Waals surface area contributed by atoms with Crippen molar-refractivity contribution in [2.24, 2.45) is 0 Å². The number of hydrogen-bond donors (Lipinski definition) is 1. The molecule has 180 valence electrons. The van der Waals surface area contributed by atoms with E-state index in [2.05, 4.69) is 5.43 Å². The van der Waals surface area contributed by atoms with Gasteiger partial charge in [0.05, 0.1) is 11.0 Å². The van der Waals surface area contributed by atoms with Crippen molar-refractivity contribution in [3.63, 3.8) is 0 Å². The minimum atomic E-state index is -0.332. The average molecular weight is 466 g/mol. The SMILES string of the molecule is CC(C)n1c(=O)n(C(=O)N[N+]2(CCCc3ccc(F)cc3)C3CCCC2CC3)c2ccccc21. The van der Waals surface area contributed by atoms with Crippen molar-refractivity contribution in [3.8, 4) is 0 Å². The first-order valence-corrected chi connectivity index (χ1v) is 12.6. The van der Waals surface area contributed by atoms with Crippen molar-refractivity contribution in [2.75, 3.05) is 6.54 Å². The Hall–Kier alpha value is -2.93. The summed E-state index contributed by atoms with van der Waals surface area (Å²) >= 11 is 0. The van der Waals surface area contributed by atoms with Gasteiger partial charge < -0.3 is 0 Å². The van der Waals surface area contributed by atoms with Gasteiger partial charge in [-0.15, -0.1) is 0 Å². The predicted molar refractivity (Wildman–Crippen MR) is 131 cm³/mol. The molecule has 2 bridgehead atoms. The number of piperidine rings is 1. The number of quaternary nitrogens is 1. The summed E-state index contributed by atoms with van der Waals surface area (Å²) in [5.74, 6) is -0.223. The van der Waals surface area contributed by atoms with Crippen LogP contribution in [-0.4, -0.2) is 38.4 Å². The van der Waals surface area contributed by atoms with Crippen LogP contribution in [0.5, 0.6) is 0 Å². The number of fused-ring (bicyclic) bond motifs is 3.